The van der Waals surface area contributed by atoms with Gasteiger partial charge in [-0.2, -0.15) is 4.98 Å². The van der Waals surface area contributed by atoms with Crippen LogP contribution in [-0.2, 0) is 0 Å². The number of amides is 1. The third kappa shape index (κ3) is 3.81. The maximum absolute atomic E-state index is 12.4. The van der Waals surface area contributed by atoms with Gasteiger partial charge in [-0.25, -0.2) is 0 Å². The number of carbonyl (C=O) groups is 1. The highest BCUT2D eigenvalue weighted by molar-refractivity contribution is 5.90. The number of aromatic amines is 1. The predicted molar refractivity (Wildman–Crippen MR) is 95.8 cm³/mol. The molecular weight excluding hydrogens is 352 g/mol. The van der Waals surface area contributed by atoms with E-state index < -0.39 is 5.91 Å². The summed E-state index contributed by atoms with van der Waals surface area (Å²) in [6.07, 6.45) is 1.49. The Bertz CT molecular complexity index is 1010. The molecule has 0 aliphatic heterocycles. The van der Waals surface area contributed by atoms with Crippen molar-refractivity contribution in [3.8, 4) is 23.0 Å². The van der Waals surface area contributed by atoms with Crippen LogP contribution < -0.4 is 20.3 Å². The van der Waals surface area contributed by atoms with Crippen LogP contribution in [0.3, 0.4) is 0 Å². The van der Waals surface area contributed by atoms with Gasteiger partial charge < -0.3 is 24.3 Å². The molecule has 1 atom stereocenters. The number of hydrogen-bond acceptors (Lipinski definition) is 7. The fraction of sp³-hybridized carbons (Fsp3) is 0.222. The van der Waals surface area contributed by atoms with E-state index in [0.29, 0.717) is 11.5 Å². The van der Waals surface area contributed by atoms with Gasteiger partial charge in [0.1, 0.15) is 5.56 Å². The van der Waals surface area contributed by atoms with Crippen molar-refractivity contribution in [2.24, 2.45) is 0 Å². The molecule has 0 unspecified atom stereocenters. The van der Waals surface area contributed by atoms with Crippen LogP contribution in [0.1, 0.15) is 29.1 Å². The lowest BCUT2D eigenvalue weighted by Crippen LogP contribution is -2.27. The Labute approximate surface area is 154 Å². The molecule has 0 spiro atoms. The molecule has 0 aliphatic carbocycles. The van der Waals surface area contributed by atoms with Crippen molar-refractivity contribution in [2.45, 2.75) is 13.0 Å². The van der Waals surface area contributed by atoms with Gasteiger partial charge in [-0.15, -0.1) is 0 Å². The van der Waals surface area contributed by atoms with E-state index in [1.165, 1.54) is 19.4 Å². The van der Waals surface area contributed by atoms with Crippen LogP contribution in [0.15, 0.2) is 45.8 Å². The molecule has 0 fully saturated rings. The molecule has 3 rings (SSSR count). The van der Waals surface area contributed by atoms with Gasteiger partial charge in [-0.05, 0) is 36.8 Å². The number of nitrogens with zero attached hydrogens (tertiary/aromatic N) is 2. The molecule has 0 bridgehead atoms. The number of carbonyl (C=O) groups excluding carboxylic acids is 1. The van der Waals surface area contributed by atoms with Crippen molar-refractivity contribution in [3.05, 3.63) is 58.3 Å². The monoisotopic (exact) mass is 370 g/mol. The molecule has 2 N–H and O–H groups in total. The number of nitrogens with one attached hydrogen (secondary N) is 2. The van der Waals surface area contributed by atoms with Crippen molar-refractivity contribution in [1.29, 1.82) is 0 Å². The zero-order valence-electron chi connectivity index (χ0n) is 15.0. The first-order valence-electron chi connectivity index (χ1n) is 8.08. The molecular formula is C18H18N4O5. The number of H-pyrrole nitrogens is 1. The largest absolute Gasteiger partial charge is 0.493 e. The number of benzene rings is 1. The zero-order chi connectivity index (χ0) is 19.4. The zero-order valence-corrected chi connectivity index (χ0v) is 15.0. The smallest absolute Gasteiger partial charge is 0.293 e. The van der Waals surface area contributed by atoms with Gasteiger partial charge in [-0.3, -0.25) is 9.59 Å². The summed E-state index contributed by atoms with van der Waals surface area (Å²) >= 11 is 0. The Morgan fingerprint density at radius 2 is 2.00 bits per heavy atom. The van der Waals surface area contributed by atoms with E-state index in [9.17, 15) is 9.59 Å². The van der Waals surface area contributed by atoms with E-state index in [-0.39, 0.29) is 28.9 Å². The molecule has 2 aromatic heterocycles. The molecule has 27 heavy (non-hydrogen) atoms. The third-order valence-corrected chi connectivity index (χ3v) is 3.93. The summed E-state index contributed by atoms with van der Waals surface area (Å²) in [7, 11) is 3.09. The molecule has 0 aliphatic rings. The quantitative estimate of drug-likeness (QED) is 0.680. The maximum Gasteiger partial charge on any atom is 0.293 e. The third-order valence-electron chi connectivity index (χ3n) is 3.93. The first kappa shape index (κ1) is 18.2. The topological polar surface area (TPSA) is 119 Å². The van der Waals surface area contributed by atoms with E-state index in [2.05, 4.69) is 20.4 Å². The van der Waals surface area contributed by atoms with E-state index >= 15 is 0 Å². The summed E-state index contributed by atoms with van der Waals surface area (Å²) in [6, 6.07) is 8.15. The summed E-state index contributed by atoms with van der Waals surface area (Å²) in [6.45, 7) is 1.81. The second-order valence-corrected chi connectivity index (χ2v) is 5.65. The number of ether oxygens (including phenoxy) is 2. The summed E-state index contributed by atoms with van der Waals surface area (Å²) in [4.78, 5) is 30.7. The van der Waals surface area contributed by atoms with Crippen molar-refractivity contribution >= 4 is 5.91 Å². The fourth-order valence-electron chi connectivity index (χ4n) is 2.48. The Hall–Kier alpha value is -3.62. The van der Waals surface area contributed by atoms with Crippen molar-refractivity contribution < 1.29 is 18.8 Å². The summed E-state index contributed by atoms with van der Waals surface area (Å²) < 4.78 is 15.5. The van der Waals surface area contributed by atoms with Crippen LogP contribution in [-0.4, -0.2) is 35.3 Å². The SMILES string of the molecule is COc1ccc([C@H](C)NC(=O)c2noc(-c3ccc[nH]c3=O)n2)cc1OC. The minimum absolute atomic E-state index is 0.0271. The summed E-state index contributed by atoms with van der Waals surface area (Å²) in [5, 5.41) is 6.42. The Kier molecular flexibility index (Phi) is 5.20. The highest BCUT2D eigenvalue weighted by atomic mass is 16.5. The molecule has 1 amide bonds. The fourth-order valence-corrected chi connectivity index (χ4v) is 2.48. The molecule has 9 heteroatoms. The van der Waals surface area contributed by atoms with E-state index in [1.807, 2.05) is 13.0 Å². The lowest BCUT2D eigenvalue weighted by Gasteiger charge is -2.15. The van der Waals surface area contributed by atoms with Crippen LogP contribution in [0, 0.1) is 0 Å². The summed E-state index contributed by atoms with van der Waals surface area (Å²) in [5.74, 6) is 0.429. The molecule has 140 valence electrons. The van der Waals surface area contributed by atoms with Gasteiger partial charge in [0.25, 0.3) is 23.2 Å². The predicted octanol–water partition coefficient (Wildman–Crippen LogP) is 1.93. The lowest BCUT2D eigenvalue weighted by molar-refractivity contribution is 0.0926. The molecule has 9 nitrogen and oxygen atoms in total. The van der Waals surface area contributed by atoms with E-state index in [1.54, 1.807) is 25.3 Å². The van der Waals surface area contributed by atoms with Gasteiger partial charge in [-0.1, -0.05) is 11.2 Å². The minimum atomic E-state index is -0.528. The second-order valence-electron chi connectivity index (χ2n) is 5.65. The van der Waals surface area contributed by atoms with Gasteiger partial charge in [0, 0.05) is 6.20 Å². The van der Waals surface area contributed by atoms with Gasteiger partial charge >= 0.3 is 0 Å². The first-order chi connectivity index (χ1) is 13.0. The number of methoxy groups -OCH3 is 2. The molecule has 0 saturated carbocycles. The van der Waals surface area contributed by atoms with Gasteiger partial charge in [0.05, 0.1) is 20.3 Å². The molecule has 0 saturated heterocycles. The van der Waals surface area contributed by atoms with Crippen LogP contribution in [0.5, 0.6) is 11.5 Å². The Balaban J connectivity index is 1.76. The van der Waals surface area contributed by atoms with Gasteiger partial charge in [0.2, 0.25) is 0 Å². The van der Waals surface area contributed by atoms with Crippen molar-refractivity contribution in [1.82, 2.24) is 20.4 Å². The van der Waals surface area contributed by atoms with Crippen LogP contribution in [0.4, 0.5) is 0 Å². The van der Waals surface area contributed by atoms with Crippen molar-refractivity contribution in [3.63, 3.8) is 0 Å². The Morgan fingerprint density at radius 3 is 2.70 bits per heavy atom. The maximum atomic E-state index is 12.4. The average molecular weight is 370 g/mol. The number of aromatic nitrogens is 3. The average Bonchev–Trinajstić information content (AvgIpc) is 3.17. The van der Waals surface area contributed by atoms with Crippen molar-refractivity contribution in [2.75, 3.05) is 14.2 Å². The summed E-state index contributed by atoms with van der Waals surface area (Å²) in [5.41, 5.74) is 0.619. The van der Waals surface area contributed by atoms with Crippen LogP contribution >= 0.6 is 0 Å². The number of rotatable bonds is 6. The molecule has 0 radical (unpaired) electrons. The van der Waals surface area contributed by atoms with Crippen LogP contribution in [0.2, 0.25) is 0 Å². The molecule has 3 aromatic rings. The minimum Gasteiger partial charge on any atom is -0.493 e. The molecule has 2 heterocycles. The second kappa shape index (κ2) is 7.73. The van der Waals surface area contributed by atoms with E-state index in [4.69, 9.17) is 14.0 Å². The number of hydrogen-bond donors (Lipinski definition) is 2. The van der Waals surface area contributed by atoms with E-state index in [0.717, 1.165) is 5.56 Å². The lowest BCUT2D eigenvalue weighted by atomic mass is 10.1. The first-order valence-corrected chi connectivity index (χ1v) is 8.08. The highest BCUT2D eigenvalue weighted by Gasteiger charge is 2.20. The normalized spacial score (nSPS) is 11.7. The van der Waals surface area contributed by atoms with Gasteiger partial charge in [0.15, 0.2) is 11.5 Å². The Morgan fingerprint density at radius 1 is 1.22 bits per heavy atom. The molecule has 1 aromatic carbocycles. The number of pyridine rings is 1. The standard InChI is InChI=1S/C18H18N4O5/c1-10(11-6-7-13(25-2)14(9-11)26-3)20-17(24)15-21-18(27-22-15)12-5-4-8-19-16(12)23/h4-10H,1-3H3,(H,19,23)(H,20,24)/t10-/m0/s1. The van der Waals surface area contributed by atoms with Crippen LogP contribution in [0.25, 0.3) is 11.5 Å². The highest BCUT2D eigenvalue weighted by Crippen LogP contribution is 2.29.